The molecule has 0 amide bonds. The Balaban J connectivity index is 2.73. The molecule has 0 aliphatic carbocycles. The normalized spacial score (nSPS) is 12.6. The molecule has 1 aromatic heterocycles. The fourth-order valence-electron chi connectivity index (χ4n) is 0.788. The molecule has 0 saturated heterocycles. The second-order valence-corrected chi connectivity index (χ2v) is 3.71. The Hall–Kier alpha value is -0.680. The summed E-state index contributed by atoms with van der Waals surface area (Å²) in [5.74, 6) is 0.544. The van der Waals surface area contributed by atoms with Crippen LogP contribution in [0.15, 0.2) is 10.7 Å². The van der Waals surface area contributed by atoms with Crippen molar-refractivity contribution < 1.29 is 5.11 Å². The van der Waals surface area contributed by atoms with E-state index in [1.54, 1.807) is 6.20 Å². The van der Waals surface area contributed by atoms with Crippen molar-refractivity contribution in [2.24, 2.45) is 0 Å². The third-order valence-corrected chi connectivity index (χ3v) is 2.35. The SMILES string of the molecule is Cc1nc(N[C@H](C)CO)ncc1Br. The lowest BCUT2D eigenvalue weighted by molar-refractivity contribution is 0.281. The monoisotopic (exact) mass is 245 g/mol. The van der Waals surface area contributed by atoms with Gasteiger partial charge in [-0.25, -0.2) is 9.97 Å². The van der Waals surface area contributed by atoms with Gasteiger partial charge in [-0.05, 0) is 29.8 Å². The molecule has 0 radical (unpaired) electrons. The molecule has 2 N–H and O–H groups in total. The average Bonchev–Trinajstić information content (AvgIpc) is 2.11. The molecule has 0 unspecified atom stereocenters. The van der Waals surface area contributed by atoms with Crippen LogP contribution in [0, 0.1) is 6.92 Å². The Morgan fingerprint density at radius 1 is 1.69 bits per heavy atom. The summed E-state index contributed by atoms with van der Waals surface area (Å²) in [4.78, 5) is 8.23. The van der Waals surface area contributed by atoms with Crippen LogP contribution in [0.3, 0.4) is 0 Å². The van der Waals surface area contributed by atoms with Gasteiger partial charge in [0.05, 0.1) is 16.8 Å². The molecule has 1 atom stereocenters. The first kappa shape index (κ1) is 10.4. The Morgan fingerprint density at radius 3 is 2.92 bits per heavy atom. The summed E-state index contributed by atoms with van der Waals surface area (Å²) in [6.45, 7) is 3.82. The molecule has 0 saturated carbocycles. The first-order valence-electron chi connectivity index (χ1n) is 4.00. The minimum Gasteiger partial charge on any atom is -0.394 e. The van der Waals surface area contributed by atoms with Gasteiger partial charge in [-0.3, -0.25) is 0 Å². The fraction of sp³-hybridized carbons (Fsp3) is 0.500. The number of halogens is 1. The molecule has 4 nitrogen and oxygen atoms in total. The number of aliphatic hydroxyl groups is 1. The fourth-order valence-corrected chi connectivity index (χ4v) is 0.979. The van der Waals surface area contributed by atoms with Crippen molar-refractivity contribution in [2.75, 3.05) is 11.9 Å². The van der Waals surface area contributed by atoms with Crippen LogP contribution in [0.5, 0.6) is 0 Å². The largest absolute Gasteiger partial charge is 0.394 e. The Morgan fingerprint density at radius 2 is 2.38 bits per heavy atom. The van der Waals surface area contributed by atoms with E-state index in [0.29, 0.717) is 5.95 Å². The smallest absolute Gasteiger partial charge is 0.223 e. The number of aliphatic hydroxyl groups excluding tert-OH is 1. The van der Waals surface area contributed by atoms with Gasteiger partial charge in [0.15, 0.2) is 0 Å². The van der Waals surface area contributed by atoms with Crippen LogP contribution in [-0.2, 0) is 0 Å². The zero-order valence-corrected chi connectivity index (χ0v) is 9.17. The van der Waals surface area contributed by atoms with E-state index in [4.69, 9.17) is 5.11 Å². The molecule has 0 aliphatic rings. The highest BCUT2D eigenvalue weighted by Crippen LogP contribution is 2.13. The zero-order chi connectivity index (χ0) is 9.84. The molecule has 0 aliphatic heterocycles. The van der Waals surface area contributed by atoms with E-state index in [2.05, 4.69) is 31.2 Å². The Labute approximate surface area is 85.5 Å². The maximum atomic E-state index is 8.79. The third-order valence-electron chi connectivity index (χ3n) is 1.57. The second kappa shape index (κ2) is 4.53. The first-order valence-corrected chi connectivity index (χ1v) is 4.79. The number of nitrogens with one attached hydrogen (secondary N) is 1. The lowest BCUT2D eigenvalue weighted by atomic mass is 10.4. The van der Waals surface area contributed by atoms with Crippen LogP contribution in [0.25, 0.3) is 0 Å². The van der Waals surface area contributed by atoms with Crippen molar-refractivity contribution in [1.82, 2.24) is 9.97 Å². The zero-order valence-electron chi connectivity index (χ0n) is 7.58. The van der Waals surface area contributed by atoms with Gasteiger partial charge in [0.25, 0.3) is 0 Å². The molecule has 0 spiro atoms. The van der Waals surface area contributed by atoms with E-state index in [0.717, 1.165) is 10.2 Å². The summed E-state index contributed by atoms with van der Waals surface area (Å²) in [6, 6.07) is -0.0272. The lowest BCUT2D eigenvalue weighted by Crippen LogP contribution is -2.21. The minimum absolute atomic E-state index is 0.0272. The summed E-state index contributed by atoms with van der Waals surface area (Å²) in [7, 11) is 0. The summed E-state index contributed by atoms with van der Waals surface area (Å²) in [5.41, 5.74) is 0.877. The van der Waals surface area contributed by atoms with E-state index in [9.17, 15) is 0 Å². The van der Waals surface area contributed by atoms with Crippen LogP contribution in [0.4, 0.5) is 5.95 Å². The van der Waals surface area contributed by atoms with Crippen molar-refractivity contribution in [3.05, 3.63) is 16.4 Å². The van der Waals surface area contributed by atoms with Crippen molar-refractivity contribution in [3.8, 4) is 0 Å². The predicted molar refractivity (Wildman–Crippen MR) is 54.6 cm³/mol. The van der Waals surface area contributed by atoms with Crippen LogP contribution in [0.1, 0.15) is 12.6 Å². The van der Waals surface area contributed by atoms with Crippen molar-refractivity contribution in [3.63, 3.8) is 0 Å². The van der Waals surface area contributed by atoms with Crippen LogP contribution in [-0.4, -0.2) is 27.7 Å². The van der Waals surface area contributed by atoms with Crippen LogP contribution >= 0.6 is 15.9 Å². The summed E-state index contributed by atoms with van der Waals surface area (Å²) in [5, 5.41) is 11.8. The number of hydrogen-bond acceptors (Lipinski definition) is 4. The quantitative estimate of drug-likeness (QED) is 0.844. The number of nitrogens with zero attached hydrogens (tertiary/aromatic N) is 2. The maximum Gasteiger partial charge on any atom is 0.223 e. The topological polar surface area (TPSA) is 58.0 Å². The summed E-state index contributed by atoms with van der Waals surface area (Å²) < 4.78 is 0.884. The molecular formula is C8H12BrN3O. The summed E-state index contributed by atoms with van der Waals surface area (Å²) >= 11 is 3.31. The molecule has 1 heterocycles. The highest BCUT2D eigenvalue weighted by molar-refractivity contribution is 9.10. The molecule has 5 heteroatoms. The Kier molecular flexibility index (Phi) is 3.62. The minimum atomic E-state index is -0.0272. The second-order valence-electron chi connectivity index (χ2n) is 2.85. The van der Waals surface area contributed by atoms with Crippen molar-refractivity contribution in [2.45, 2.75) is 19.9 Å². The van der Waals surface area contributed by atoms with E-state index >= 15 is 0 Å². The molecule has 0 bridgehead atoms. The average molecular weight is 246 g/mol. The Bertz CT molecular complexity index is 293. The molecule has 72 valence electrons. The van der Waals surface area contributed by atoms with Gasteiger partial charge in [0.2, 0.25) is 5.95 Å². The van der Waals surface area contributed by atoms with Gasteiger partial charge in [0, 0.05) is 12.2 Å². The van der Waals surface area contributed by atoms with Gasteiger partial charge >= 0.3 is 0 Å². The lowest BCUT2D eigenvalue weighted by Gasteiger charge is -2.10. The number of aromatic nitrogens is 2. The van der Waals surface area contributed by atoms with Crippen molar-refractivity contribution in [1.29, 1.82) is 0 Å². The number of aryl methyl sites for hydroxylation is 1. The predicted octanol–water partition coefficient (Wildman–Crippen LogP) is 1.34. The van der Waals surface area contributed by atoms with E-state index in [-0.39, 0.29) is 12.6 Å². The highest BCUT2D eigenvalue weighted by Gasteiger charge is 2.03. The standard InChI is InChI=1S/C8H12BrN3O/c1-5(4-13)11-8-10-3-7(9)6(2)12-8/h3,5,13H,4H2,1-2H3,(H,10,11,12)/t5-/m1/s1. The molecule has 0 fully saturated rings. The molecule has 0 aromatic carbocycles. The van der Waals surface area contributed by atoms with E-state index in [1.807, 2.05) is 13.8 Å². The van der Waals surface area contributed by atoms with Gasteiger partial charge in [-0.2, -0.15) is 0 Å². The van der Waals surface area contributed by atoms with E-state index < -0.39 is 0 Å². The molecule has 1 aromatic rings. The molecular weight excluding hydrogens is 234 g/mol. The third kappa shape index (κ3) is 2.93. The highest BCUT2D eigenvalue weighted by atomic mass is 79.9. The van der Waals surface area contributed by atoms with E-state index in [1.165, 1.54) is 0 Å². The molecule has 1 rings (SSSR count). The van der Waals surface area contributed by atoms with Gasteiger partial charge < -0.3 is 10.4 Å². The number of rotatable bonds is 3. The number of anilines is 1. The molecule has 13 heavy (non-hydrogen) atoms. The first-order chi connectivity index (χ1) is 6.13. The van der Waals surface area contributed by atoms with Gasteiger partial charge in [-0.1, -0.05) is 0 Å². The van der Waals surface area contributed by atoms with Gasteiger partial charge in [-0.15, -0.1) is 0 Å². The van der Waals surface area contributed by atoms with Crippen molar-refractivity contribution >= 4 is 21.9 Å². The summed E-state index contributed by atoms with van der Waals surface area (Å²) in [6.07, 6.45) is 1.69. The van der Waals surface area contributed by atoms with Gasteiger partial charge in [0.1, 0.15) is 0 Å². The maximum absolute atomic E-state index is 8.79. The number of hydrogen-bond donors (Lipinski definition) is 2. The van der Waals surface area contributed by atoms with Crippen LogP contribution in [0.2, 0.25) is 0 Å². The van der Waals surface area contributed by atoms with Crippen LogP contribution < -0.4 is 5.32 Å².